The first kappa shape index (κ1) is 16.8. The summed E-state index contributed by atoms with van der Waals surface area (Å²) in [5, 5.41) is 7.58. The second-order valence-electron chi connectivity index (χ2n) is 4.76. The Bertz CT molecular complexity index is 660. The minimum atomic E-state index is -0.651. The van der Waals surface area contributed by atoms with Crippen LogP contribution in [0.25, 0.3) is 0 Å². The van der Waals surface area contributed by atoms with Crippen molar-refractivity contribution in [1.29, 1.82) is 0 Å². The third-order valence-corrected chi connectivity index (χ3v) is 3.82. The van der Waals surface area contributed by atoms with Crippen molar-refractivity contribution in [2.24, 2.45) is 0 Å². The molecule has 0 fully saturated rings. The van der Waals surface area contributed by atoms with Crippen LogP contribution in [0.3, 0.4) is 0 Å². The molecule has 118 valence electrons. The van der Waals surface area contributed by atoms with Crippen LogP contribution in [0.2, 0.25) is 5.02 Å². The molecule has 1 aromatic heterocycles. The van der Waals surface area contributed by atoms with Gasteiger partial charge in [0.1, 0.15) is 11.6 Å². The van der Waals surface area contributed by atoms with Crippen molar-refractivity contribution in [3.63, 3.8) is 0 Å². The van der Waals surface area contributed by atoms with E-state index in [2.05, 4.69) is 33.3 Å². The fraction of sp³-hybridized carbons (Fsp3) is 0.333. The average molecular weight is 387 g/mol. The molecule has 1 N–H and O–H groups in total. The van der Waals surface area contributed by atoms with E-state index in [1.54, 1.807) is 42.1 Å². The average Bonchev–Trinajstić information content (AvgIpc) is 2.89. The highest BCUT2D eigenvalue weighted by atomic mass is 79.9. The fourth-order valence-corrected chi connectivity index (χ4v) is 2.65. The summed E-state index contributed by atoms with van der Waals surface area (Å²) >= 11 is 9.25. The molecule has 0 bridgehead atoms. The molecule has 0 aliphatic rings. The number of carbonyl (C=O) groups is 1. The Labute approximate surface area is 142 Å². The first-order chi connectivity index (χ1) is 10.5. The van der Waals surface area contributed by atoms with Gasteiger partial charge in [0.2, 0.25) is 0 Å². The summed E-state index contributed by atoms with van der Waals surface area (Å²) in [6, 6.07) is 6.91. The van der Waals surface area contributed by atoms with Gasteiger partial charge in [0.05, 0.1) is 10.7 Å². The molecule has 1 atom stereocenters. The number of amides is 1. The zero-order valence-electron chi connectivity index (χ0n) is 12.3. The first-order valence-electron chi connectivity index (χ1n) is 6.95. The standard InChI is InChI=1S/C15H17BrClN3O2/c1-3-8-20-14(6-7-18-20)19-15(21)10(2)22-13-5-4-11(17)9-12(13)16/h4-7,9-10H,3,8H2,1-2H3,(H,19,21). The fourth-order valence-electron chi connectivity index (χ4n) is 1.87. The lowest BCUT2D eigenvalue weighted by atomic mass is 10.3. The van der Waals surface area contributed by atoms with Gasteiger partial charge in [-0.1, -0.05) is 18.5 Å². The number of rotatable bonds is 6. The van der Waals surface area contributed by atoms with Crippen molar-refractivity contribution >= 4 is 39.3 Å². The van der Waals surface area contributed by atoms with Crippen LogP contribution in [0.4, 0.5) is 5.82 Å². The van der Waals surface area contributed by atoms with Crippen LogP contribution in [0, 0.1) is 0 Å². The number of hydrogen-bond donors (Lipinski definition) is 1. The number of carbonyl (C=O) groups excluding carboxylic acids is 1. The molecule has 1 amide bonds. The maximum absolute atomic E-state index is 12.2. The van der Waals surface area contributed by atoms with E-state index in [9.17, 15) is 4.79 Å². The molecule has 0 spiro atoms. The smallest absolute Gasteiger partial charge is 0.266 e. The Morgan fingerprint density at radius 3 is 2.95 bits per heavy atom. The van der Waals surface area contributed by atoms with Gasteiger partial charge in [0.15, 0.2) is 6.10 Å². The third-order valence-electron chi connectivity index (χ3n) is 2.97. The van der Waals surface area contributed by atoms with E-state index in [1.165, 1.54) is 0 Å². The van der Waals surface area contributed by atoms with Gasteiger partial charge < -0.3 is 10.1 Å². The predicted molar refractivity (Wildman–Crippen MR) is 90.4 cm³/mol. The molecule has 7 heteroatoms. The summed E-state index contributed by atoms with van der Waals surface area (Å²) in [5.74, 6) is 0.992. The van der Waals surface area contributed by atoms with Crippen molar-refractivity contribution in [2.45, 2.75) is 32.9 Å². The van der Waals surface area contributed by atoms with Crippen LogP contribution in [0.5, 0.6) is 5.75 Å². The molecule has 22 heavy (non-hydrogen) atoms. The number of halogens is 2. The van der Waals surface area contributed by atoms with E-state index in [0.29, 0.717) is 21.1 Å². The highest BCUT2D eigenvalue weighted by molar-refractivity contribution is 9.10. The van der Waals surface area contributed by atoms with Crippen LogP contribution >= 0.6 is 27.5 Å². The molecule has 1 aromatic carbocycles. The van der Waals surface area contributed by atoms with E-state index in [1.807, 2.05) is 0 Å². The van der Waals surface area contributed by atoms with Gasteiger partial charge in [-0.3, -0.25) is 4.79 Å². The molecule has 0 aliphatic carbocycles. The Morgan fingerprint density at radius 2 is 2.27 bits per heavy atom. The molecule has 0 aliphatic heterocycles. The number of benzene rings is 1. The van der Waals surface area contributed by atoms with E-state index in [0.717, 1.165) is 13.0 Å². The molecular weight excluding hydrogens is 370 g/mol. The number of aryl methyl sites for hydroxylation is 1. The number of nitrogens with zero attached hydrogens (tertiary/aromatic N) is 2. The minimum absolute atomic E-state index is 0.236. The monoisotopic (exact) mass is 385 g/mol. The summed E-state index contributed by atoms with van der Waals surface area (Å²) in [6.07, 6.45) is 1.95. The number of anilines is 1. The first-order valence-corrected chi connectivity index (χ1v) is 8.12. The molecule has 0 saturated heterocycles. The number of nitrogens with one attached hydrogen (secondary N) is 1. The lowest BCUT2D eigenvalue weighted by molar-refractivity contribution is -0.122. The van der Waals surface area contributed by atoms with Gasteiger partial charge in [-0.25, -0.2) is 4.68 Å². The Hall–Kier alpha value is -1.53. The normalized spacial score (nSPS) is 12.0. The summed E-state index contributed by atoms with van der Waals surface area (Å²) in [5.41, 5.74) is 0. The van der Waals surface area contributed by atoms with Gasteiger partial charge >= 0.3 is 0 Å². The lowest BCUT2D eigenvalue weighted by Crippen LogP contribution is -2.31. The Balaban J connectivity index is 2.01. The summed E-state index contributed by atoms with van der Waals surface area (Å²) < 4.78 is 8.12. The van der Waals surface area contributed by atoms with Crippen LogP contribution in [0.1, 0.15) is 20.3 Å². The Kier molecular flexibility index (Phi) is 5.85. The van der Waals surface area contributed by atoms with Gasteiger partial charge in [-0.05, 0) is 47.5 Å². The van der Waals surface area contributed by atoms with E-state index >= 15 is 0 Å². The van der Waals surface area contributed by atoms with Crippen LogP contribution in [-0.4, -0.2) is 21.8 Å². The maximum atomic E-state index is 12.2. The van der Waals surface area contributed by atoms with Crippen molar-refractivity contribution < 1.29 is 9.53 Å². The topological polar surface area (TPSA) is 56.2 Å². The van der Waals surface area contributed by atoms with Gasteiger partial charge in [-0.15, -0.1) is 0 Å². The van der Waals surface area contributed by atoms with Crippen LogP contribution in [0.15, 0.2) is 34.9 Å². The van der Waals surface area contributed by atoms with E-state index in [-0.39, 0.29) is 5.91 Å². The third kappa shape index (κ3) is 4.24. The molecule has 1 heterocycles. The summed E-state index contributed by atoms with van der Waals surface area (Å²) in [7, 11) is 0. The number of hydrogen-bond acceptors (Lipinski definition) is 3. The molecule has 5 nitrogen and oxygen atoms in total. The highest BCUT2D eigenvalue weighted by Gasteiger charge is 2.17. The largest absolute Gasteiger partial charge is 0.480 e. The van der Waals surface area contributed by atoms with Crippen molar-refractivity contribution in [3.05, 3.63) is 40.0 Å². The minimum Gasteiger partial charge on any atom is -0.480 e. The lowest BCUT2D eigenvalue weighted by Gasteiger charge is -2.16. The molecule has 1 unspecified atom stereocenters. The van der Waals surface area contributed by atoms with Crippen molar-refractivity contribution in [1.82, 2.24) is 9.78 Å². The molecule has 0 saturated carbocycles. The Morgan fingerprint density at radius 1 is 1.50 bits per heavy atom. The zero-order chi connectivity index (χ0) is 16.1. The van der Waals surface area contributed by atoms with Gasteiger partial charge in [-0.2, -0.15) is 5.10 Å². The van der Waals surface area contributed by atoms with Crippen LogP contribution in [-0.2, 0) is 11.3 Å². The number of ether oxygens (including phenoxy) is 1. The molecule has 2 aromatic rings. The molecular formula is C15H17BrClN3O2. The number of aromatic nitrogens is 2. The summed E-state index contributed by atoms with van der Waals surface area (Å²) in [4.78, 5) is 12.2. The van der Waals surface area contributed by atoms with Gasteiger partial charge in [0.25, 0.3) is 5.91 Å². The van der Waals surface area contributed by atoms with Gasteiger partial charge in [0, 0.05) is 17.6 Å². The maximum Gasteiger partial charge on any atom is 0.266 e. The second kappa shape index (κ2) is 7.65. The predicted octanol–water partition coefficient (Wildman–Crippen LogP) is 4.12. The van der Waals surface area contributed by atoms with Crippen LogP contribution < -0.4 is 10.1 Å². The SMILES string of the molecule is CCCn1nccc1NC(=O)C(C)Oc1ccc(Cl)cc1Br. The summed E-state index contributed by atoms with van der Waals surface area (Å²) in [6.45, 7) is 4.49. The van der Waals surface area contributed by atoms with Crippen molar-refractivity contribution in [2.75, 3.05) is 5.32 Å². The van der Waals surface area contributed by atoms with E-state index in [4.69, 9.17) is 16.3 Å². The quantitative estimate of drug-likeness (QED) is 0.812. The second-order valence-corrected chi connectivity index (χ2v) is 6.05. The molecule has 0 radical (unpaired) electrons. The highest BCUT2D eigenvalue weighted by Crippen LogP contribution is 2.28. The van der Waals surface area contributed by atoms with Crippen molar-refractivity contribution in [3.8, 4) is 5.75 Å². The van der Waals surface area contributed by atoms with E-state index < -0.39 is 6.10 Å². The zero-order valence-corrected chi connectivity index (χ0v) is 14.7. The molecule has 2 rings (SSSR count).